The second-order valence-corrected chi connectivity index (χ2v) is 12.5. The lowest BCUT2D eigenvalue weighted by Gasteiger charge is -2.51. The number of carbonyl (C=O) groups excluding carboxylic acids is 3. The summed E-state index contributed by atoms with van der Waals surface area (Å²) in [5.41, 5.74) is 1.64. The zero-order chi connectivity index (χ0) is 27.8. The Morgan fingerprint density at radius 1 is 0.974 bits per heavy atom. The molecule has 1 N–H and O–H groups in total. The van der Waals surface area contributed by atoms with Crippen molar-refractivity contribution in [3.63, 3.8) is 0 Å². The molecule has 2 aromatic carbocycles. The SMILES string of the molecule is COc1ccc(C(=O)Nc2ccc(C(C)(C)[C@@H]3CC[C@@H](C)C[C@H]3OC(=O)[C@]34CCCC(=O)[C@H]3CC4)cc2)cc1. The van der Waals surface area contributed by atoms with Crippen molar-refractivity contribution in [3.05, 3.63) is 59.7 Å². The van der Waals surface area contributed by atoms with Crippen molar-refractivity contribution in [3.8, 4) is 5.75 Å². The van der Waals surface area contributed by atoms with Crippen LogP contribution >= 0.6 is 0 Å². The predicted molar refractivity (Wildman–Crippen MR) is 151 cm³/mol. The minimum absolute atomic E-state index is 0.133. The van der Waals surface area contributed by atoms with E-state index < -0.39 is 5.41 Å². The fraction of sp³-hybridized carbons (Fsp3) is 0.545. The third-order valence-corrected chi connectivity index (χ3v) is 9.87. The van der Waals surface area contributed by atoms with Crippen LogP contribution in [0.1, 0.15) is 88.1 Å². The van der Waals surface area contributed by atoms with Crippen LogP contribution in [0.25, 0.3) is 0 Å². The average molecular weight is 532 g/mol. The predicted octanol–water partition coefficient (Wildman–Crippen LogP) is 6.72. The van der Waals surface area contributed by atoms with E-state index in [0.717, 1.165) is 56.2 Å². The molecule has 2 aromatic rings. The first-order valence-electron chi connectivity index (χ1n) is 14.4. The molecule has 0 bridgehead atoms. The summed E-state index contributed by atoms with van der Waals surface area (Å²) in [6.07, 6.45) is 6.55. The maximum absolute atomic E-state index is 13.6. The van der Waals surface area contributed by atoms with Gasteiger partial charge in [-0.05, 0) is 91.8 Å². The molecule has 0 aliphatic heterocycles. The van der Waals surface area contributed by atoms with E-state index in [-0.39, 0.29) is 41.0 Å². The third-order valence-electron chi connectivity index (χ3n) is 9.87. The van der Waals surface area contributed by atoms with Crippen LogP contribution in [0.3, 0.4) is 0 Å². The molecule has 3 fully saturated rings. The first-order valence-corrected chi connectivity index (χ1v) is 14.4. The normalized spacial score (nSPS) is 28.6. The van der Waals surface area contributed by atoms with Gasteiger partial charge in [0.1, 0.15) is 17.6 Å². The van der Waals surface area contributed by atoms with Crippen LogP contribution < -0.4 is 10.1 Å². The smallest absolute Gasteiger partial charge is 0.313 e. The zero-order valence-electron chi connectivity index (χ0n) is 23.6. The molecule has 39 heavy (non-hydrogen) atoms. The molecular formula is C33H41NO5. The van der Waals surface area contributed by atoms with Crippen molar-refractivity contribution in [2.45, 2.75) is 83.7 Å². The minimum Gasteiger partial charge on any atom is -0.497 e. The lowest BCUT2D eigenvalue weighted by molar-refractivity contribution is -0.187. The highest BCUT2D eigenvalue weighted by molar-refractivity contribution is 6.04. The van der Waals surface area contributed by atoms with Gasteiger partial charge in [-0.1, -0.05) is 39.3 Å². The summed E-state index contributed by atoms with van der Waals surface area (Å²) in [6, 6.07) is 15.0. The van der Waals surface area contributed by atoms with Crippen LogP contribution in [-0.4, -0.2) is 30.9 Å². The lowest BCUT2D eigenvalue weighted by atomic mass is 9.53. The Morgan fingerprint density at radius 2 is 1.69 bits per heavy atom. The van der Waals surface area contributed by atoms with E-state index in [9.17, 15) is 14.4 Å². The first-order chi connectivity index (χ1) is 18.6. The quantitative estimate of drug-likeness (QED) is 0.401. The standard InChI is InChI=1S/C33H41NO5/c1-21-7-16-27(29(20-21)39-31(37)33-18-5-6-28(35)26(33)17-19-33)32(2,3)23-10-12-24(13-11-23)34-30(36)22-8-14-25(38-4)15-9-22/h8-15,21,26-27,29H,5-7,16-20H2,1-4H3,(H,34,36)/t21-,26-,27-,29-,33+/m1/s1. The molecule has 0 radical (unpaired) electrons. The number of benzene rings is 2. The van der Waals surface area contributed by atoms with Gasteiger partial charge in [-0.15, -0.1) is 0 Å². The van der Waals surface area contributed by atoms with E-state index in [1.807, 2.05) is 12.1 Å². The second kappa shape index (κ2) is 10.8. The van der Waals surface area contributed by atoms with Crippen molar-refractivity contribution >= 4 is 23.3 Å². The minimum atomic E-state index is -0.575. The van der Waals surface area contributed by atoms with Crippen LogP contribution in [0.15, 0.2) is 48.5 Å². The number of Topliss-reactive ketones (excluding diaryl/α,β-unsaturated/α-hetero) is 1. The largest absolute Gasteiger partial charge is 0.497 e. The fourth-order valence-electron chi connectivity index (χ4n) is 7.19. The number of ether oxygens (including phenoxy) is 2. The molecule has 3 saturated carbocycles. The number of nitrogens with one attached hydrogen (secondary N) is 1. The van der Waals surface area contributed by atoms with E-state index in [4.69, 9.17) is 9.47 Å². The van der Waals surface area contributed by atoms with Crippen molar-refractivity contribution in [2.75, 3.05) is 12.4 Å². The van der Waals surface area contributed by atoms with Gasteiger partial charge in [-0.25, -0.2) is 0 Å². The second-order valence-electron chi connectivity index (χ2n) is 12.5. The molecule has 0 saturated heterocycles. The molecule has 0 aromatic heterocycles. The summed E-state index contributed by atoms with van der Waals surface area (Å²) in [6.45, 7) is 6.70. The molecular weight excluding hydrogens is 490 g/mol. The molecule has 5 rings (SSSR count). The number of carbonyl (C=O) groups is 3. The summed E-state index contributed by atoms with van der Waals surface area (Å²) in [4.78, 5) is 38.8. The Bertz CT molecular complexity index is 1220. The Hall–Kier alpha value is -3.15. The monoisotopic (exact) mass is 531 g/mol. The number of hydrogen-bond acceptors (Lipinski definition) is 5. The zero-order valence-corrected chi connectivity index (χ0v) is 23.6. The van der Waals surface area contributed by atoms with E-state index in [1.165, 1.54) is 0 Å². The number of methoxy groups -OCH3 is 1. The highest BCUT2D eigenvalue weighted by Gasteiger charge is 2.58. The molecule has 0 unspecified atom stereocenters. The summed E-state index contributed by atoms with van der Waals surface area (Å²) in [5, 5.41) is 2.97. The van der Waals surface area contributed by atoms with Crippen LogP contribution in [0.2, 0.25) is 0 Å². The Balaban J connectivity index is 1.29. The molecule has 0 heterocycles. The molecule has 6 nitrogen and oxygen atoms in total. The summed E-state index contributed by atoms with van der Waals surface area (Å²) >= 11 is 0. The van der Waals surface area contributed by atoms with E-state index >= 15 is 0 Å². The highest BCUT2D eigenvalue weighted by Crippen LogP contribution is 2.55. The van der Waals surface area contributed by atoms with Crippen molar-refractivity contribution in [1.82, 2.24) is 0 Å². The van der Waals surface area contributed by atoms with E-state index in [2.05, 4.69) is 38.2 Å². The van der Waals surface area contributed by atoms with Crippen LogP contribution in [0.5, 0.6) is 5.75 Å². The molecule has 6 heteroatoms. The van der Waals surface area contributed by atoms with E-state index in [0.29, 0.717) is 23.7 Å². The summed E-state index contributed by atoms with van der Waals surface area (Å²) < 4.78 is 11.6. The average Bonchev–Trinajstić information content (AvgIpc) is 2.90. The maximum Gasteiger partial charge on any atom is 0.313 e. The van der Waals surface area contributed by atoms with Crippen LogP contribution in [-0.2, 0) is 19.7 Å². The van der Waals surface area contributed by atoms with Gasteiger partial charge in [0.05, 0.1) is 12.5 Å². The number of ketones is 1. The molecule has 208 valence electrons. The number of rotatable bonds is 7. The molecule has 3 aliphatic carbocycles. The van der Waals surface area contributed by atoms with Crippen LogP contribution in [0.4, 0.5) is 5.69 Å². The van der Waals surface area contributed by atoms with Gasteiger partial charge in [0.25, 0.3) is 5.91 Å². The van der Waals surface area contributed by atoms with Crippen molar-refractivity contribution < 1.29 is 23.9 Å². The Kier molecular flexibility index (Phi) is 7.58. The highest BCUT2D eigenvalue weighted by atomic mass is 16.5. The summed E-state index contributed by atoms with van der Waals surface area (Å²) in [5.74, 6) is 1.18. The molecule has 0 spiro atoms. The van der Waals surface area contributed by atoms with Gasteiger partial charge in [0.15, 0.2) is 0 Å². The third kappa shape index (κ3) is 5.22. The topological polar surface area (TPSA) is 81.7 Å². The number of hydrogen-bond donors (Lipinski definition) is 1. The van der Waals surface area contributed by atoms with Gasteiger partial charge >= 0.3 is 5.97 Å². The number of anilines is 1. The molecule has 1 amide bonds. The van der Waals surface area contributed by atoms with Crippen LogP contribution in [0, 0.1) is 23.2 Å². The number of fused-ring (bicyclic) bond motifs is 1. The Morgan fingerprint density at radius 3 is 2.33 bits per heavy atom. The van der Waals surface area contributed by atoms with Gasteiger partial charge in [-0.3, -0.25) is 14.4 Å². The molecule has 3 aliphatic rings. The van der Waals surface area contributed by atoms with Gasteiger partial charge in [-0.2, -0.15) is 0 Å². The van der Waals surface area contributed by atoms with Gasteiger partial charge in [0, 0.05) is 29.5 Å². The summed E-state index contributed by atoms with van der Waals surface area (Å²) in [7, 11) is 1.60. The lowest BCUT2D eigenvalue weighted by Crippen LogP contribution is -2.55. The number of amides is 1. The fourth-order valence-corrected chi connectivity index (χ4v) is 7.19. The Labute approximate surface area is 231 Å². The maximum atomic E-state index is 13.6. The first kappa shape index (κ1) is 27.4. The van der Waals surface area contributed by atoms with Gasteiger partial charge < -0.3 is 14.8 Å². The van der Waals surface area contributed by atoms with Crippen molar-refractivity contribution in [2.24, 2.45) is 23.2 Å². The van der Waals surface area contributed by atoms with Gasteiger partial charge in [0.2, 0.25) is 0 Å². The molecule has 5 atom stereocenters. The van der Waals surface area contributed by atoms with Crippen molar-refractivity contribution in [1.29, 1.82) is 0 Å². The van der Waals surface area contributed by atoms with E-state index in [1.54, 1.807) is 31.4 Å². The number of esters is 1.